The second-order valence-corrected chi connectivity index (χ2v) is 6.26. The number of hydrogen-bond donors (Lipinski definition) is 2. The van der Waals surface area contributed by atoms with Crippen molar-refractivity contribution in [2.24, 2.45) is 0 Å². The van der Waals surface area contributed by atoms with Crippen molar-refractivity contribution in [2.75, 3.05) is 13.2 Å². The predicted molar refractivity (Wildman–Crippen MR) is 82.3 cm³/mol. The van der Waals surface area contributed by atoms with Gasteiger partial charge in [-0.1, -0.05) is 0 Å². The summed E-state index contributed by atoms with van der Waals surface area (Å²) in [5, 5.41) is 14.4. The highest BCUT2D eigenvalue weighted by molar-refractivity contribution is 7.98. The van der Waals surface area contributed by atoms with E-state index < -0.39 is 0 Å². The Labute approximate surface area is 126 Å². The van der Waals surface area contributed by atoms with E-state index in [4.69, 9.17) is 5.11 Å². The number of hydrogen-bond acceptors (Lipinski definition) is 5. The number of aliphatic hydroxyl groups is 1. The minimum absolute atomic E-state index is 0.0489. The smallest absolute Gasteiger partial charge is 0.251 e. The van der Waals surface area contributed by atoms with E-state index in [2.05, 4.69) is 15.7 Å². The number of thioether (sulfide) groups is 1. The fraction of sp³-hybridized carbons (Fsp3) is 0.286. The molecule has 0 spiro atoms. The van der Waals surface area contributed by atoms with Crippen LogP contribution in [0.4, 0.5) is 0 Å². The largest absolute Gasteiger partial charge is 0.395 e. The van der Waals surface area contributed by atoms with Gasteiger partial charge in [0.15, 0.2) is 0 Å². The van der Waals surface area contributed by atoms with Gasteiger partial charge >= 0.3 is 0 Å². The molecule has 0 radical (unpaired) electrons. The van der Waals surface area contributed by atoms with Gasteiger partial charge in [-0.3, -0.25) is 4.79 Å². The molecule has 0 unspecified atom stereocenters. The van der Waals surface area contributed by atoms with Crippen molar-refractivity contribution in [3.63, 3.8) is 0 Å². The minimum Gasteiger partial charge on any atom is -0.395 e. The summed E-state index contributed by atoms with van der Waals surface area (Å²) in [5.74, 6) is 0.672. The Morgan fingerprint density at radius 1 is 1.40 bits per heavy atom. The highest BCUT2D eigenvalue weighted by atomic mass is 32.2. The summed E-state index contributed by atoms with van der Waals surface area (Å²) in [7, 11) is 0. The third-order valence-corrected chi connectivity index (χ3v) is 4.44. The van der Waals surface area contributed by atoms with Gasteiger partial charge < -0.3 is 10.4 Å². The van der Waals surface area contributed by atoms with Gasteiger partial charge in [-0.2, -0.15) is 0 Å². The van der Waals surface area contributed by atoms with E-state index >= 15 is 0 Å². The van der Waals surface area contributed by atoms with E-state index in [1.807, 2.05) is 19.1 Å². The van der Waals surface area contributed by atoms with Crippen LogP contribution >= 0.6 is 23.1 Å². The number of nitrogens with one attached hydrogen (secondary N) is 1. The summed E-state index contributed by atoms with van der Waals surface area (Å²) < 4.78 is 0. The van der Waals surface area contributed by atoms with Gasteiger partial charge in [0, 0.05) is 28.1 Å². The Bertz CT molecular complexity index is 567. The molecule has 1 aromatic heterocycles. The normalized spacial score (nSPS) is 10.5. The number of aromatic nitrogens is 1. The fourth-order valence-electron chi connectivity index (χ4n) is 1.61. The van der Waals surface area contributed by atoms with Crippen LogP contribution in [-0.4, -0.2) is 29.1 Å². The van der Waals surface area contributed by atoms with Crippen molar-refractivity contribution in [2.45, 2.75) is 17.6 Å². The molecule has 6 heteroatoms. The number of thiazole rings is 1. The second-order valence-electron chi connectivity index (χ2n) is 4.15. The Morgan fingerprint density at radius 3 is 2.75 bits per heavy atom. The third kappa shape index (κ3) is 4.33. The molecule has 2 rings (SSSR count). The summed E-state index contributed by atoms with van der Waals surface area (Å²) >= 11 is 3.35. The molecule has 1 amide bonds. The van der Waals surface area contributed by atoms with Gasteiger partial charge in [0.1, 0.15) is 0 Å². The highest BCUT2D eigenvalue weighted by Gasteiger charge is 2.05. The summed E-state index contributed by atoms with van der Waals surface area (Å²) in [4.78, 5) is 17.2. The maximum atomic E-state index is 11.7. The van der Waals surface area contributed by atoms with Crippen molar-refractivity contribution >= 4 is 29.0 Å². The number of carbonyl (C=O) groups excluding carboxylic acids is 1. The van der Waals surface area contributed by atoms with Gasteiger partial charge in [0.25, 0.3) is 5.91 Å². The molecule has 1 aromatic carbocycles. The molecule has 0 saturated heterocycles. The zero-order valence-electron chi connectivity index (χ0n) is 11.1. The van der Waals surface area contributed by atoms with Gasteiger partial charge in [0.2, 0.25) is 0 Å². The van der Waals surface area contributed by atoms with Crippen LogP contribution in [0, 0.1) is 6.92 Å². The van der Waals surface area contributed by atoms with Crippen LogP contribution in [0.25, 0.3) is 0 Å². The summed E-state index contributed by atoms with van der Waals surface area (Å²) in [6, 6.07) is 7.44. The van der Waals surface area contributed by atoms with Crippen molar-refractivity contribution in [1.29, 1.82) is 0 Å². The number of amides is 1. The quantitative estimate of drug-likeness (QED) is 0.805. The molecule has 0 aliphatic carbocycles. The maximum absolute atomic E-state index is 11.7. The maximum Gasteiger partial charge on any atom is 0.251 e. The number of aliphatic hydroxyl groups excluding tert-OH is 1. The van der Waals surface area contributed by atoms with Crippen LogP contribution in [0.5, 0.6) is 0 Å². The molecular weight excluding hydrogens is 292 g/mol. The molecular formula is C14H16N2O2S2. The summed E-state index contributed by atoms with van der Waals surface area (Å²) in [5.41, 5.74) is 1.69. The number of aryl methyl sites for hydroxylation is 1. The Morgan fingerprint density at radius 2 is 2.15 bits per heavy atom. The van der Waals surface area contributed by atoms with E-state index in [0.717, 1.165) is 21.3 Å². The lowest BCUT2D eigenvalue weighted by Crippen LogP contribution is -2.26. The SMILES string of the molecule is Cc1nc(CSc2ccc(C(=O)NCCO)cc2)cs1. The fourth-order valence-corrected chi connectivity index (χ4v) is 3.11. The van der Waals surface area contributed by atoms with Crippen LogP contribution in [0.15, 0.2) is 34.5 Å². The molecule has 20 heavy (non-hydrogen) atoms. The average molecular weight is 308 g/mol. The summed E-state index contributed by atoms with van der Waals surface area (Å²) in [6.07, 6.45) is 0. The molecule has 0 aliphatic heterocycles. The first-order valence-corrected chi connectivity index (χ1v) is 8.08. The Kier molecular flexibility index (Phi) is 5.58. The van der Waals surface area contributed by atoms with Crippen molar-refractivity contribution < 1.29 is 9.90 Å². The van der Waals surface area contributed by atoms with E-state index in [0.29, 0.717) is 5.56 Å². The van der Waals surface area contributed by atoms with Gasteiger partial charge in [-0.15, -0.1) is 23.1 Å². The van der Waals surface area contributed by atoms with E-state index in [9.17, 15) is 4.79 Å². The Hall–Kier alpha value is -1.37. The van der Waals surface area contributed by atoms with Crippen LogP contribution < -0.4 is 5.32 Å². The average Bonchev–Trinajstić information content (AvgIpc) is 2.89. The van der Waals surface area contributed by atoms with Crippen molar-refractivity contribution in [3.05, 3.63) is 45.9 Å². The lowest BCUT2D eigenvalue weighted by molar-refractivity contribution is 0.0944. The topological polar surface area (TPSA) is 62.2 Å². The standard InChI is InChI=1S/C14H16N2O2S2/c1-10-16-12(8-19-10)9-20-13-4-2-11(3-5-13)14(18)15-6-7-17/h2-5,8,17H,6-7,9H2,1H3,(H,15,18). The van der Waals surface area contributed by atoms with E-state index in [-0.39, 0.29) is 19.1 Å². The second kappa shape index (κ2) is 7.42. The molecule has 0 fully saturated rings. The molecule has 4 nitrogen and oxygen atoms in total. The first-order valence-electron chi connectivity index (χ1n) is 6.22. The first-order chi connectivity index (χ1) is 9.69. The third-order valence-electron chi connectivity index (χ3n) is 2.57. The van der Waals surface area contributed by atoms with Crippen LogP contribution in [0.2, 0.25) is 0 Å². The van der Waals surface area contributed by atoms with Crippen LogP contribution in [0.3, 0.4) is 0 Å². The molecule has 2 N–H and O–H groups in total. The van der Waals surface area contributed by atoms with Gasteiger partial charge in [-0.05, 0) is 31.2 Å². The van der Waals surface area contributed by atoms with Crippen LogP contribution in [0.1, 0.15) is 21.1 Å². The van der Waals surface area contributed by atoms with E-state index in [1.165, 1.54) is 0 Å². The van der Waals surface area contributed by atoms with Crippen molar-refractivity contribution in [3.8, 4) is 0 Å². The zero-order chi connectivity index (χ0) is 14.4. The first kappa shape index (κ1) is 15.0. The lowest BCUT2D eigenvalue weighted by atomic mass is 10.2. The molecule has 0 aliphatic rings. The Balaban J connectivity index is 1.89. The highest BCUT2D eigenvalue weighted by Crippen LogP contribution is 2.23. The van der Waals surface area contributed by atoms with Crippen LogP contribution in [-0.2, 0) is 5.75 Å². The number of carbonyl (C=O) groups is 1. The minimum atomic E-state index is -0.161. The molecule has 1 heterocycles. The zero-order valence-corrected chi connectivity index (χ0v) is 12.8. The van der Waals surface area contributed by atoms with Gasteiger partial charge in [-0.25, -0.2) is 4.98 Å². The number of rotatable bonds is 6. The monoisotopic (exact) mass is 308 g/mol. The molecule has 2 aromatic rings. The predicted octanol–water partition coefficient (Wildman–Crippen LogP) is 2.47. The number of nitrogens with zero attached hydrogens (tertiary/aromatic N) is 1. The molecule has 106 valence electrons. The van der Waals surface area contributed by atoms with Gasteiger partial charge in [0.05, 0.1) is 17.3 Å². The molecule has 0 saturated carbocycles. The van der Waals surface area contributed by atoms with E-state index in [1.54, 1.807) is 35.2 Å². The van der Waals surface area contributed by atoms with Crippen molar-refractivity contribution in [1.82, 2.24) is 10.3 Å². The molecule has 0 atom stereocenters. The lowest BCUT2D eigenvalue weighted by Gasteiger charge is -2.04. The summed E-state index contributed by atoms with van der Waals surface area (Å²) in [6.45, 7) is 2.23. The molecule has 0 bridgehead atoms. The number of benzene rings is 1.